The number of carbonyl (C=O) groups is 2. The second-order valence-electron chi connectivity index (χ2n) is 10.9. The lowest BCUT2D eigenvalue weighted by Gasteiger charge is -2.40. The first-order valence-corrected chi connectivity index (χ1v) is 11.3. The summed E-state index contributed by atoms with van der Waals surface area (Å²) in [7, 11) is 2.02. The zero-order valence-corrected chi connectivity index (χ0v) is 20.3. The minimum atomic E-state index is -1.35. The average Bonchev–Trinajstić information content (AvgIpc) is 2.92. The van der Waals surface area contributed by atoms with Gasteiger partial charge >= 0.3 is 11.9 Å². The SMILES string of the molecule is CCC[C@@H]1CC(C(=O)OC(C)(C)C)(C(=O)OC(C)(C)C)Cc2c1c1ccccc1n2C. The molecule has 0 saturated carbocycles. The number of nitrogens with zero attached hydrogens (tertiary/aromatic N) is 1. The van der Waals surface area contributed by atoms with E-state index in [-0.39, 0.29) is 12.3 Å². The molecule has 1 heterocycles. The zero-order chi connectivity index (χ0) is 23.2. The molecule has 0 N–H and O–H groups in total. The molecule has 1 aromatic carbocycles. The maximum Gasteiger partial charge on any atom is 0.324 e. The number of ether oxygens (including phenoxy) is 2. The minimum absolute atomic E-state index is 0.0832. The van der Waals surface area contributed by atoms with Crippen LogP contribution < -0.4 is 0 Å². The summed E-state index contributed by atoms with van der Waals surface area (Å²) in [5.74, 6) is -0.877. The summed E-state index contributed by atoms with van der Waals surface area (Å²) < 4.78 is 13.8. The van der Waals surface area contributed by atoms with Gasteiger partial charge in [-0.3, -0.25) is 9.59 Å². The van der Waals surface area contributed by atoms with Crippen LogP contribution in [0.4, 0.5) is 0 Å². The van der Waals surface area contributed by atoms with E-state index in [4.69, 9.17) is 9.47 Å². The molecule has 1 aliphatic rings. The minimum Gasteiger partial charge on any atom is -0.459 e. The van der Waals surface area contributed by atoms with Gasteiger partial charge in [0.15, 0.2) is 5.41 Å². The molecule has 0 bridgehead atoms. The number of para-hydroxylation sites is 1. The van der Waals surface area contributed by atoms with Gasteiger partial charge in [-0.2, -0.15) is 0 Å². The van der Waals surface area contributed by atoms with Gasteiger partial charge in [0.2, 0.25) is 0 Å². The van der Waals surface area contributed by atoms with Crippen LogP contribution in [-0.2, 0) is 32.5 Å². The zero-order valence-electron chi connectivity index (χ0n) is 20.3. The van der Waals surface area contributed by atoms with Gasteiger partial charge < -0.3 is 14.0 Å². The highest BCUT2D eigenvalue weighted by atomic mass is 16.6. The van der Waals surface area contributed by atoms with Crippen LogP contribution in [0.3, 0.4) is 0 Å². The van der Waals surface area contributed by atoms with Gasteiger partial charge in [0, 0.05) is 30.1 Å². The quantitative estimate of drug-likeness (QED) is 0.465. The van der Waals surface area contributed by atoms with Gasteiger partial charge in [0.1, 0.15) is 11.2 Å². The van der Waals surface area contributed by atoms with E-state index < -0.39 is 28.6 Å². The number of rotatable bonds is 4. The third-order valence-electron chi connectivity index (χ3n) is 5.96. The summed E-state index contributed by atoms with van der Waals surface area (Å²) in [5.41, 5.74) is 0.690. The standard InChI is InChI=1S/C26H37NO4/c1-9-12-17-15-26(22(28)30-24(2,3)4,23(29)31-25(5,6)7)16-20-21(17)18-13-10-11-14-19(18)27(20)8/h10-11,13-14,17H,9,12,15-16H2,1-8H3/t17-/m1/s1. The fraction of sp³-hybridized carbons (Fsp3) is 0.615. The summed E-state index contributed by atoms with van der Waals surface area (Å²) in [4.78, 5) is 27.2. The van der Waals surface area contributed by atoms with Crippen molar-refractivity contribution < 1.29 is 19.1 Å². The molecular formula is C26H37NO4. The molecule has 0 spiro atoms. The van der Waals surface area contributed by atoms with Crippen molar-refractivity contribution in [2.75, 3.05) is 0 Å². The Morgan fingerprint density at radius 1 is 1.03 bits per heavy atom. The third kappa shape index (κ3) is 4.51. The molecule has 170 valence electrons. The Kier molecular flexibility index (Phi) is 6.03. The van der Waals surface area contributed by atoms with Crippen molar-refractivity contribution in [1.82, 2.24) is 4.57 Å². The number of hydrogen-bond acceptors (Lipinski definition) is 4. The summed E-state index contributed by atoms with van der Waals surface area (Å²) in [6.07, 6.45) is 2.56. The summed E-state index contributed by atoms with van der Waals surface area (Å²) in [6, 6.07) is 8.32. The second-order valence-corrected chi connectivity index (χ2v) is 10.9. The molecule has 3 rings (SSSR count). The number of carbonyl (C=O) groups excluding carboxylic acids is 2. The highest BCUT2D eigenvalue weighted by Crippen LogP contribution is 2.50. The second kappa shape index (κ2) is 7.99. The highest BCUT2D eigenvalue weighted by molar-refractivity contribution is 6.02. The predicted octanol–water partition coefficient (Wildman–Crippen LogP) is 5.68. The fourth-order valence-electron chi connectivity index (χ4n) is 4.77. The van der Waals surface area contributed by atoms with Gasteiger partial charge in [-0.25, -0.2) is 0 Å². The molecule has 1 atom stereocenters. The van der Waals surface area contributed by atoms with Crippen LogP contribution in [0, 0.1) is 5.41 Å². The number of fused-ring (bicyclic) bond motifs is 3. The van der Waals surface area contributed by atoms with Crippen molar-refractivity contribution in [1.29, 1.82) is 0 Å². The molecule has 1 aromatic heterocycles. The van der Waals surface area contributed by atoms with Crippen LogP contribution in [0.15, 0.2) is 24.3 Å². The maximum absolute atomic E-state index is 13.6. The Hall–Kier alpha value is -2.30. The first-order valence-electron chi connectivity index (χ1n) is 11.3. The molecule has 31 heavy (non-hydrogen) atoms. The molecule has 5 nitrogen and oxygen atoms in total. The average molecular weight is 428 g/mol. The van der Waals surface area contributed by atoms with E-state index >= 15 is 0 Å². The third-order valence-corrected chi connectivity index (χ3v) is 5.96. The molecule has 0 amide bonds. The first-order chi connectivity index (χ1) is 14.3. The van der Waals surface area contributed by atoms with Gasteiger partial charge in [0.05, 0.1) is 0 Å². The Balaban J connectivity index is 2.20. The first kappa shape index (κ1) is 23.4. The van der Waals surface area contributed by atoms with Crippen LogP contribution in [0.2, 0.25) is 0 Å². The molecule has 5 heteroatoms. The van der Waals surface area contributed by atoms with E-state index in [0.29, 0.717) is 6.42 Å². The summed E-state index contributed by atoms with van der Waals surface area (Å²) in [5, 5.41) is 1.21. The van der Waals surface area contributed by atoms with Crippen molar-refractivity contribution in [2.24, 2.45) is 12.5 Å². The molecule has 2 aromatic rings. The Morgan fingerprint density at radius 3 is 2.10 bits per heavy atom. The van der Waals surface area contributed by atoms with Crippen molar-refractivity contribution in [3.8, 4) is 0 Å². The number of benzene rings is 1. The molecule has 0 radical (unpaired) electrons. The van der Waals surface area contributed by atoms with Crippen LogP contribution >= 0.6 is 0 Å². The van der Waals surface area contributed by atoms with Crippen LogP contribution in [0.5, 0.6) is 0 Å². The fourth-order valence-corrected chi connectivity index (χ4v) is 4.77. The molecule has 0 aliphatic heterocycles. The molecule has 0 fully saturated rings. The van der Waals surface area contributed by atoms with Crippen LogP contribution in [-0.4, -0.2) is 27.7 Å². The lowest BCUT2D eigenvalue weighted by molar-refractivity contribution is -0.187. The Bertz CT molecular complexity index is 959. The smallest absolute Gasteiger partial charge is 0.324 e. The van der Waals surface area contributed by atoms with E-state index in [1.807, 2.05) is 54.7 Å². The molecular weight excluding hydrogens is 390 g/mol. The summed E-state index contributed by atoms with van der Waals surface area (Å²) in [6.45, 7) is 13.2. The lowest BCUT2D eigenvalue weighted by atomic mass is 9.67. The Labute approximate surface area is 186 Å². The largest absolute Gasteiger partial charge is 0.459 e. The van der Waals surface area contributed by atoms with E-state index in [1.54, 1.807) is 0 Å². The van der Waals surface area contributed by atoms with Gasteiger partial charge in [-0.1, -0.05) is 31.5 Å². The lowest BCUT2D eigenvalue weighted by Crippen LogP contribution is -2.50. The maximum atomic E-state index is 13.6. The summed E-state index contributed by atoms with van der Waals surface area (Å²) >= 11 is 0. The van der Waals surface area contributed by atoms with Gasteiger partial charge in [-0.15, -0.1) is 0 Å². The number of esters is 2. The number of aryl methyl sites for hydroxylation is 1. The van der Waals surface area contributed by atoms with Gasteiger partial charge in [-0.05, 0) is 71.9 Å². The molecule has 0 unspecified atom stereocenters. The van der Waals surface area contributed by atoms with Crippen molar-refractivity contribution in [3.63, 3.8) is 0 Å². The Morgan fingerprint density at radius 2 is 1.58 bits per heavy atom. The van der Waals surface area contributed by atoms with E-state index in [1.165, 1.54) is 10.9 Å². The topological polar surface area (TPSA) is 57.5 Å². The monoisotopic (exact) mass is 427 g/mol. The highest BCUT2D eigenvalue weighted by Gasteiger charge is 2.55. The number of aromatic nitrogens is 1. The van der Waals surface area contributed by atoms with E-state index in [0.717, 1.165) is 24.1 Å². The van der Waals surface area contributed by atoms with Crippen molar-refractivity contribution in [2.45, 2.75) is 91.3 Å². The van der Waals surface area contributed by atoms with E-state index in [9.17, 15) is 9.59 Å². The normalized spacial score (nSPS) is 18.5. The van der Waals surface area contributed by atoms with Gasteiger partial charge in [0.25, 0.3) is 0 Å². The van der Waals surface area contributed by atoms with E-state index in [2.05, 4.69) is 29.7 Å². The predicted molar refractivity (Wildman–Crippen MR) is 123 cm³/mol. The number of hydrogen-bond donors (Lipinski definition) is 0. The van der Waals surface area contributed by atoms with Crippen molar-refractivity contribution >= 4 is 22.8 Å². The van der Waals surface area contributed by atoms with Crippen LogP contribution in [0.25, 0.3) is 10.9 Å². The van der Waals surface area contributed by atoms with Crippen molar-refractivity contribution in [3.05, 3.63) is 35.5 Å². The van der Waals surface area contributed by atoms with Crippen LogP contribution in [0.1, 0.15) is 84.9 Å². The molecule has 1 aliphatic carbocycles. The molecule has 0 saturated heterocycles.